The first-order valence-corrected chi connectivity index (χ1v) is 5.92. The molecule has 0 atom stereocenters. The number of hydrogen-bond donors (Lipinski definition) is 2. The van der Waals surface area contributed by atoms with Gasteiger partial charge in [-0.2, -0.15) is 0 Å². The zero-order valence-corrected chi connectivity index (χ0v) is 10.1. The van der Waals surface area contributed by atoms with Crippen LogP contribution in [0.5, 0.6) is 0 Å². The van der Waals surface area contributed by atoms with Gasteiger partial charge in [-0.1, -0.05) is 0 Å². The fraction of sp³-hybridized carbons (Fsp3) is 0.625. The topological polar surface area (TPSA) is 90.0 Å². The van der Waals surface area contributed by atoms with Crippen LogP contribution in [0.15, 0.2) is 11.4 Å². The van der Waals surface area contributed by atoms with E-state index in [0.29, 0.717) is 0 Å². The van der Waals surface area contributed by atoms with E-state index in [1.54, 1.807) is 27.8 Å². The molecule has 0 saturated heterocycles. The summed E-state index contributed by atoms with van der Waals surface area (Å²) in [6, 6.07) is 0. The number of nitrogens with two attached hydrogens (primary N) is 1. The van der Waals surface area contributed by atoms with E-state index in [4.69, 9.17) is 5.73 Å². The molecule has 15 heavy (non-hydrogen) atoms. The second-order valence-corrected chi connectivity index (χ2v) is 6.00. The minimum Gasteiger partial charge on any atom is -0.381 e. The summed E-state index contributed by atoms with van der Waals surface area (Å²) >= 11 is 0. The molecule has 0 aromatic carbocycles. The van der Waals surface area contributed by atoms with E-state index in [2.05, 4.69) is 9.71 Å². The Morgan fingerprint density at radius 3 is 2.33 bits per heavy atom. The van der Waals surface area contributed by atoms with Crippen molar-refractivity contribution in [2.24, 2.45) is 7.05 Å². The lowest BCUT2D eigenvalue weighted by Gasteiger charge is -2.20. The van der Waals surface area contributed by atoms with Gasteiger partial charge < -0.3 is 10.3 Å². The van der Waals surface area contributed by atoms with Crippen molar-refractivity contribution in [3.63, 3.8) is 0 Å². The lowest BCUT2D eigenvalue weighted by molar-refractivity contribution is 0.487. The average molecular weight is 232 g/mol. The molecule has 0 amide bonds. The van der Waals surface area contributed by atoms with Crippen LogP contribution in [0.1, 0.15) is 20.8 Å². The smallest absolute Gasteiger partial charge is 0.260 e. The molecule has 7 heteroatoms. The van der Waals surface area contributed by atoms with E-state index in [9.17, 15) is 8.42 Å². The van der Waals surface area contributed by atoms with Crippen LogP contribution in [0.2, 0.25) is 0 Å². The quantitative estimate of drug-likeness (QED) is 0.755. The Morgan fingerprint density at radius 1 is 1.47 bits per heavy atom. The molecule has 0 unspecified atom stereocenters. The Bertz CT molecular complexity index is 436. The predicted octanol–water partition coefficient (Wildman–Crippen LogP) is 0.0791. The summed E-state index contributed by atoms with van der Waals surface area (Å²) in [5, 5.41) is -0.00238. The number of anilines is 1. The fourth-order valence-electron chi connectivity index (χ4n) is 1.22. The maximum atomic E-state index is 11.9. The highest BCUT2D eigenvalue weighted by atomic mass is 32.2. The van der Waals surface area contributed by atoms with Gasteiger partial charge in [-0.25, -0.2) is 18.1 Å². The predicted molar refractivity (Wildman–Crippen MR) is 57.7 cm³/mol. The third-order valence-electron chi connectivity index (χ3n) is 1.60. The molecular formula is C8H16N4O2S. The molecule has 0 aliphatic carbocycles. The van der Waals surface area contributed by atoms with Gasteiger partial charge in [-0.15, -0.1) is 0 Å². The lowest BCUT2D eigenvalue weighted by atomic mass is 10.1. The van der Waals surface area contributed by atoms with Crippen molar-refractivity contribution in [2.45, 2.75) is 31.3 Å². The number of aryl methyl sites for hydroxylation is 1. The Balaban J connectivity index is 3.18. The van der Waals surface area contributed by atoms with E-state index in [0.717, 1.165) is 0 Å². The number of nitrogens with zero attached hydrogens (tertiary/aromatic N) is 2. The van der Waals surface area contributed by atoms with Gasteiger partial charge in [0.25, 0.3) is 10.0 Å². The number of hydrogen-bond acceptors (Lipinski definition) is 4. The fourth-order valence-corrected chi connectivity index (χ4v) is 2.87. The van der Waals surface area contributed by atoms with E-state index in [1.165, 1.54) is 10.9 Å². The van der Waals surface area contributed by atoms with Crippen LogP contribution in [-0.2, 0) is 17.1 Å². The molecule has 1 aromatic heterocycles. The van der Waals surface area contributed by atoms with Crippen molar-refractivity contribution in [1.29, 1.82) is 0 Å². The Hall–Kier alpha value is -1.08. The number of nitrogen functional groups attached to an aromatic ring is 1. The van der Waals surface area contributed by atoms with Crippen molar-refractivity contribution in [1.82, 2.24) is 14.3 Å². The summed E-state index contributed by atoms with van der Waals surface area (Å²) in [5.74, 6) is 0.00856. The van der Waals surface area contributed by atoms with Gasteiger partial charge in [0, 0.05) is 12.6 Å². The molecule has 0 spiro atoms. The average Bonchev–Trinajstić information content (AvgIpc) is 2.25. The summed E-state index contributed by atoms with van der Waals surface area (Å²) in [4.78, 5) is 3.73. The highest BCUT2D eigenvalue weighted by molar-refractivity contribution is 7.89. The van der Waals surface area contributed by atoms with E-state index < -0.39 is 15.6 Å². The molecule has 86 valence electrons. The van der Waals surface area contributed by atoms with Gasteiger partial charge in [0.15, 0.2) is 10.8 Å². The van der Waals surface area contributed by atoms with Crippen molar-refractivity contribution < 1.29 is 8.42 Å². The highest BCUT2D eigenvalue weighted by Crippen LogP contribution is 2.17. The first-order valence-electron chi connectivity index (χ1n) is 4.44. The molecule has 0 bridgehead atoms. The molecule has 0 fully saturated rings. The zero-order valence-electron chi connectivity index (χ0n) is 9.27. The normalized spacial score (nSPS) is 13.1. The molecular weight excluding hydrogens is 216 g/mol. The van der Waals surface area contributed by atoms with Crippen molar-refractivity contribution >= 4 is 15.8 Å². The molecule has 0 aliphatic rings. The summed E-state index contributed by atoms with van der Waals surface area (Å²) in [6.45, 7) is 5.28. The molecule has 1 aromatic rings. The number of imidazole rings is 1. The van der Waals surface area contributed by atoms with Crippen LogP contribution in [0.25, 0.3) is 0 Å². The van der Waals surface area contributed by atoms with Crippen molar-refractivity contribution in [3.8, 4) is 0 Å². The molecule has 1 heterocycles. The van der Waals surface area contributed by atoms with Gasteiger partial charge >= 0.3 is 0 Å². The Labute approximate surface area is 89.5 Å². The Morgan fingerprint density at radius 2 is 2.00 bits per heavy atom. The van der Waals surface area contributed by atoms with Gasteiger partial charge in [0.1, 0.15) is 0 Å². The monoisotopic (exact) mass is 232 g/mol. The van der Waals surface area contributed by atoms with Crippen LogP contribution >= 0.6 is 0 Å². The van der Waals surface area contributed by atoms with Crippen molar-refractivity contribution in [2.75, 3.05) is 5.73 Å². The molecule has 0 radical (unpaired) electrons. The maximum Gasteiger partial charge on any atom is 0.260 e. The number of sulfonamides is 1. The first kappa shape index (κ1) is 12.0. The van der Waals surface area contributed by atoms with Crippen LogP contribution < -0.4 is 10.5 Å². The SMILES string of the molecule is Cn1cnc(N)c1S(=O)(=O)NC(C)(C)C. The summed E-state index contributed by atoms with van der Waals surface area (Å²) < 4.78 is 27.7. The van der Waals surface area contributed by atoms with Crippen LogP contribution in [0.4, 0.5) is 5.82 Å². The molecule has 6 nitrogen and oxygen atoms in total. The van der Waals surface area contributed by atoms with Gasteiger partial charge in [-0.3, -0.25) is 0 Å². The van der Waals surface area contributed by atoms with Gasteiger partial charge in [-0.05, 0) is 20.8 Å². The van der Waals surface area contributed by atoms with E-state index in [1.807, 2.05) is 0 Å². The van der Waals surface area contributed by atoms with Crippen LogP contribution in [-0.4, -0.2) is 23.5 Å². The van der Waals surface area contributed by atoms with Crippen molar-refractivity contribution in [3.05, 3.63) is 6.33 Å². The largest absolute Gasteiger partial charge is 0.381 e. The van der Waals surface area contributed by atoms with Gasteiger partial charge in [0.2, 0.25) is 0 Å². The number of aromatic nitrogens is 2. The Kier molecular flexibility index (Phi) is 2.79. The second-order valence-electron chi connectivity index (χ2n) is 4.40. The van der Waals surface area contributed by atoms with E-state index >= 15 is 0 Å². The third-order valence-corrected chi connectivity index (χ3v) is 3.49. The zero-order chi connectivity index (χ0) is 11.9. The number of rotatable bonds is 2. The highest BCUT2D eigenvalue weighted by Gasteiger charge is 2.27. The first-order chi connectivity index (χ1) is 6.63. The molecule has 0 aliphatic heterocycles. The van der Waals surface area contributed by atoms with Gasteiger partial charge in [0.05, 0.1) is 6.33 Å². The third kappa shape index (κ3) is 2.69. The minimum atomic E-state index is -3.61. The minimum absolute atomic E-state index is 0.00238. The lowest BCUT2D eigenvalue weighted by Crippen LogP contribution is -2.41. The standard InChI is InChI=1S/C8H16N4O2S/c1-8(2,3)11-15(13,14)7-6(9)10-5-12(7)4/h5,11H,9H2,1-4H3. The second kappa shape index (κ2) is 3.49. The van der Waals surface area contributed by atoms with Crippen LogP contribution in [0.3, 0.4) is 0 Å². The summed E-state index contributed by atoms with van der Waals surface area (Å²) in [7, 11) is -2.03. The number of nitrogens with one attached hydrogen (secondary N) is 1. The molecule has 0 saturated carbocycles. The molecule has 3 N–H and O–H groups in total. The molecule has 1 rings (SSSR count). The van der Waals surface area contributed by atoms with Crippen LogP contribution in [0, 0.1) is 0 Å². The van der Waals surface area contributed by atoms with E-state index in [-0.39, 0.29) is 10.8 Å². The maximum absolute atomic E-state index is 11.9. The summed E-state index contributed by atoms with van der Waals surface area (Å²) in [5.41, 5.74) is 4.95. The summed E-state index contributed by atoms with van der Waals surface area (Å²) in [6.07, 6.45) is 1.37.